The molecule has 0 atom stereocenters. The van der Waals surface area contributed by atoms with Crippen LogP contribution in [0.4, 0.5) is 0 Å². The van der Waals surface area contributed by atoms with E-state index in [0.717, 1.165) is 31.6 Å². The largest absolute Gasteiger partial charge is 0.496 e. The summed E-state index contributed by atoms with van der Waals surface area (Å²) in [7, 11) is 1.74. The van der Waals surface area contributed by atoms with Gasteiger partial charge in [0.1, 0.15) is 5.75 Å². The zero-order chi connectivity index (χ0) is 11.3. The Kier molecular flexibility index (Phi) is 4.63. The SMILES string of the molecule is COc1c(C)ccc(C)c1CCCCN. The fourth-order valence-electron chi connectivity index (χ4n) is 1.88. The fourth-order valence-corrected chi connectivity index (χ4v) is 1.88. The molecule has 2 nitrogen and oxygen atoms in total. The number of nitrogens with two attached hydrogens (primary N) is 1. The monoisotopic (exact) mass is 207 g/mol. The maximum atomic E-state index is 5.50. The number of ether oxygens (including phenoxy) is 1. The lowest BCUT2D eigenvalue weighted by atomic mass is 9.99. The predicted octanol–water partition coefficient (Wildman–Crippen LogP) is 2.59. The third-order valence-corrected chi connectivity index (χ3v) is 2.78. The second-order valence-corrected chi connectivity index (χ2v) is 3.96. The number of hydrogen-bond acceptors (Lipinski definition) is 2. The molecule has 0 aliphatic heterocycles. The Morgan fingerprint density at radius 3 is 2.40 bits per heavy atom. The number of benzene rings is 1. The van der Waals surface area contributed by atoms with E-state index in [0.29, 0.717) is 0 Å². The quantitative estimate of drug-likeness (QED) is 0.753. The first-order chi connectivity index (χ1) is 7.20. The van der Waals surface area contributed by atoms with Gasteiger partial charge in [-0.1, -0.05) is 12.1 Å². The highest BCUT2D eigenvalue weighted by Crippen LogP contribution is 2.27. The molecule has 0 fully saturated rings. The van der Waals surface area contributed by atoms with Gasteiger partial charge in [0, 0.05) is 0 Å². The second-order valence-electron chi connectivity index (χ2n) is 3.96. The normalized spacial score (nSPS) is 10.4. The molecule has 0 saturated carbocycles. The Morgan fingerprint density at radius 1 is 1.13 bits per heavy atom. The lowest BCUT2D eigenvalue weighted by Gasteiger charge is -2.14. The van der Waals surface area contributed by atoms with Crippen molar-refractivity contribution in [3.05, 3.63) is 28.8 Å². The summed E-state index contributed by atoms with van der Waals surface area (Å²) >= 11 is 0. The highest BCUT2D eigenvalue weighted by Gasteiger charge is 2.08. The predicted molar refractivity (Wildman–Crippen MR) is 64.5 cm³/mol. The van der Waals surface area contributed by atoms with Crippen LogP contribution in [0.2, 0.25) is 0 Å². The van der Waals surface area contributed by atoms with Gasteiger partial charge in [0.15, 0.2) is 0 Å². The average molecular weight is 207 g/mol. The third-order valence-electron chi connectivity index (χ3n) is 2.78. The van der Waals surface area contributed by atoms with Gasteiger partial charge in [-0.3, -0.25) is 0 Å². The van der Waals surface area contributed by atoms with E-state index in [4.69, 9.17) is 10.5 Å². The van der Waals surface area contributed by atoms with E-state index in [2.05, 4.69) is 26.0 Å². The molecule has 2 N–H and O–H groups in total. The second kappa shape index (κ2) is 5.76. The molecule has 0 amide bonds. The lowest BCUT2D eigenvalue weighted by Crippen LogP contribution is -2.02. The van der Waals surface area contributed by atoms with Crippen molar-refractivity contribution in [3.63, 3.8) is 0 Å². The Balaban J connectivity index is 2.87. The Morgan fingerprint density at radius 2 is 1.80 bits per heavy atom. The van der Waals surface area contributed by atoms with Crippen molar-refractivity contribution >= 4 is 0 Å². The Labute approximate surface area is 92.4 Å². The van der Waals surface area contributed by atoms with Crippen molar-refractivity contribution in [2.75, 3.05) is 13.7 Å². The summed E-state index contributed by atoms with van der Waals surface area (Å²) in [5, 5.41) is 0. The first kappa shape index (κ1) is 12.1. The van der Waals surface area contributed by atoms with E-state index in [-0.39, 0.29) is 0 Å². The van der Waals surface area contributed by atoms with Crippen LogP contribution in [0.5, 0.6) is 5.75 Å². The molecular formula is C13H21NO. The minimum atomic E-state index is 0.771. The van der Waals surface area contributed by atoms with Crippen LogP contribution in [0.1, 0.15) is 29.5 Å². The third kappa shape index (κ3) is 2.96. The van der Waals surface area contributed by atoms with Crippen molar-refractivity contribution in [2.45, 2.75) is 33.1 Å². The minimum Gasteiger partial charge on any atom is -0.496 e. The van der Waals surface area contributed by atoms with Crippen molar-refractivity contribution in [1.82, 2.24) is 0 Å². The molecule has 0 aliphatic rings. The molecular weight excluding hydrogens is 186 g/mol. The molecule has 1 aromatic rings. The van der Waals surface area contributed by atoms with Crippen molar-refractivity contribution < 1.29 is 4.74 Å². The molecule has 0 aromatic heterocycles. The molecule has 84 valence electrons. The van der Waals surface area contributed by atoms with Crippen LogP contribution >= 0.6 is 0 Å². The van der Waals surface area contributed by atoms with Gasteiger partial charge in [0.05, 0.1) is 7.11 Å². The first-order valence-corrected chi connectivity index (χ1v) is 5.53. The van der Waals surface area contributed by atoms with Crippen LogP contribution in [0.3, 0.4) is 0 Å². The Bertz CT molecular complexity index is 321. The lowest BCUT2D eigenvalue weighted by molar-refractivity contribution is 0.405. The number of hydrogen-bond donors (Lipinski definition) is 1. The van der Waals surface area contributed by atoms with Crippen LogP contribution in [0.25, 0.3) is 0 Å². The summed E-state index contributed by atoms with van der Waals surface area (Å²) in [4.78, 5) is 0. The maximum absolute atomic E-state index is 5.50. The molecule has 0 bridgehead atoms. The van der Waals surface area contributed by atoms with Crippen molar-refractivity contribution in [3.8, 4) is 5.75 Å². The molecule has 2 heteroatoms. The maximum Gasteiger partial charge on any atom is 0.125 e. The van der Waals surface area contributed by atoms with Gasteiger partial charge < -0.3 is 10.5 Å². The van der Waals surface area contributed by atoms with E-state index < -0.39 is 0 Å². The molecule has 0 saturated heterocycles. The van der Waals surface area contributed by atoms with E-state index in [1.54, 1.807) is 7.11 Å². The number of rotatable bonds is 5. The zero-order valence-electron chi connectivity index (χ0n) is 9.97. The molecule has 0 radical (unpaired) electrons. The smallest absolute Gasteiger partial charge is 0.125 e. The highest BCUT2D eigenvalue weighted by atomic mass is 16.5. The summed E-state index contributed by atoms with van der Waals surface area (Å²) in [6.45, 7) is 5.00. The van der Waals surface area contributed by atoms with Crippen LogP contribution in [0, 0.1) is 13.8 Å². The zero-order valence-corrected chi connectivity index (χ0v) is 9.97. The summed E-state index contributed by atoms with van der Waals surface area (Å²) in [6, 6.07) is 4.27. The Hall–Kier alpha value is -1.02. The topological polar surface area (TPSA) is 35.2 Å². The van der Waals surface area contributed by atoms with Gasteiger partial charge in [-0.15, -0.1) is 0 Å². The molecule has 0 aliphatic carbocycles. The van der Waals surface area contributed by atoms with Gasteiger partial charge in [-0.05, 0) is 56.3 Å². The van der Waals surface area contributed by atoms with Crippen molar-refractivity contribution in [2.24, 2.45) is 5.73 Å². The minimum absolute atomic E-state index is 0.771. The van der Waals surface area contributed by atoms with Gasteiger partial charge in [-0.2, -0.15) is 0 Å². The first-order valence-electron chi connectivity index (χ1n) is 5.53. The summed E-state index contributed by atoms with van der Waals surface area (Å²) in [6.07, 6.45) is 3.28. The van der Waals surface area contributed by atoms with Gasteiger partial charge >= 0.3 is 0 Å². The van der Waals surface area contributed by atoms with Gasteiger partial charge in [0.25, 0.3) is 0 Å². The molecule has 0 unspecified atom stereocenters. The molecule has 1 rings (SSSR count). The summed E-state index contributed by atoms with van der Waals surface area (Å²) in [5.74, 6) is 1.05. The van der Waals surface area contributed by atoms with E-state index >= 15 is 0 Å². The molecule has 0 heterocycles. The number of unbranched alkanes of at least 4 members (excludes halogenated alkanes) is 1. The van der Waals surface area contributed by atoms with E-state index in [1.807, 2.05) is 0 Å². The van der Waals surface area contributed by atoms with Crippen LogP contribution < -0.4 is 10.5 Å². The summed E-state index contributed by atoms with van der Waals surface area (Å²) in [5.41, 5.74) is 9.37. The number of methoxy groups -OCH3 is 1. The van der Waals surface area contributed by atoms with Gasteiger partial charge in [-0.25, -0.2) is 0 Å². The molecule has 15 heavy (non-hydrogen) atoms. The summed E-state index contributed by atoms with van der Waals surface area (Å²) < 4.78 is 5.46. The highest BCUT2D eigenvalue weighted by molar-refractivity contribution is 5.45. The molecule has 1 aromatic carbocycles. The van der Waals surface area contributed by atoms with Crippen LogP contribution in [-0.4, -0.2) is 13.7 Å². The van der Waals surface area contributed by atoms with Crippen LogP contribution in [0.15, 0.2) is 12.1 Å². The number of aryl methyl sites for hydroxylation is 2. The van der Waals surface area contributed by atoms with Gasteiger partial charge in [0.2, 0.25) is 0 Å². The standard InChI is InChI=1S/C13H21NO/c1-10-7-8-11(2)13(15-3)12(10)6-4-5-9-14/h7-8H,4-6,9,14H2,1-3H3. The van der Waals surface area contributed by atoms with Crippen molar-refractivity contribution in [1.29, 1.82) is 0 Å². The van der Waals surface area contributed by atoms with E-state index in [9.17, 15) is 0 Å². The fraction of sp³-hybridized carbons (Fsp3) is 0.538. The average Bonchev–Trinajstić information content (AvgIpc) is 2.23. The molecule has 0 spiro atoms. The van der Waals surface area contributed by atoms with E-state index in [1.165, 1.54) is 16.7 Å². The van der Waals surface area contributed by atoms with Crippen LogP contribution in [-0.2, 0) is 6.42 Å².